The summed E-state index contributed by atoms with van der Waals surface area (Å²) < 4.78 is 38.1. The minimum Gasteiger partial charge on any atom is -0.508 e. The Morgan fingerprint density at radius 3 is 1.52 bits per heavy atom. The van der Waals surface area contributed by atoms with Crippen LogP contribution >= 0.6 is 0 Å². The smallest absolute Gasteiger partial charge is 0.213 e. The molecule has 2 N–H and O–H groups in total. The molecular weight excluding hydrogens is 392 g/mol. The van der Waals surface area contributed by atoms with Crippen molar-refractivity contribution in [2.24, 2.45) is 0 Å². The number of hydrogen-bond donors (Lipinski definition) is 2. The second-order valence-corrected chi connectivity index (χ2v) is 8.76. The Hall–Kier alpha value is -2.41. The van der Waals surface area contributed by atoms with Crippen molar-refractivity contribution in [3.8, 4) is 23.0 Å². The van der Waals surface area contributed by atoms with Gasteiger partial charge in [0.25, 0.3) is 0 Å². The first-order valence-electron chi connectivity index (χ1n) is 10.1. The van der Waals surface area contributed by atoms with Gasteiger partial charge in [-0.1, -0.05) is 39.5 Å². The van der Waals surface area contributed by atoms with Gasteiger partial charge in [0.2, 0.25) is 9.84 Å². The highest BCUT2D eigenvalue weighted by molar-refractivity contribution is 7.91. The van der Waals surface area contributed by atoms with Gasteiger partial charge in [-0.05, 0) is 37.1 Å². The lowest BCUT2D eigenvalue weighted by Gasteiger charge is -2.15. The molecule has 29 heavy (non-hydrogen) atoms. The Balaban J connectivity index is 2.37. The first kappa shape index (κ1) is 22.9. The van der Waals surface area contributed by atoms with Crippen molar-refractivity contribution in [2.45, 2.75) is 62.2 Å². The molecule has 0 heterocycles. The van der Waals surface area contributed by atoms with Crippen LogP contribution in [0.3, 0.4) is 0 Å². The van der Waals surface area contributed by atoms with Gasteiger partial charge < -0.3 is 19.7 Å². The topological polar surface area (TPSA) is 93.1 Å². The molecule has 0 unspecified atom stereocenters. The monoisotopic (exact) mass is 422 g/mol. The summed E-state index contributed by atoms with van der Waals surface area (Å²) in [5.41, 5.74) is 0. The second-order valence-electron chi connectivity index (χ2n) is 6.88. The maximum absolute atomic E-state index is 13.4. The molecule has 7 heteroatoms. The van der Waals surface area contributed by atoms with Gasteiger partial charge in [-0.3, -0.25) is 0 Å². The molecule has 0 saturated carbocycles. The molecule has 6 nitrogen and oxygen atoms in total. The maximum atomic E-state index is 13.4. The summed E-state index contributed by atoms with van der Waals surface area (Å²) in [6.45, 7) is 4.85. The average Bonchev–Trinajstić information content (AvgIpc) is 2.68. The Morgan fingerprint density at radius 1 is 0.724 bits per heavy atom. The summed E-state index contributed by atoms with van der Waals surface area (Å²) in [4.78, 5) is -0.0909. The molecule has 0 saturated heterocycles. The number of ether oxygens (including phenoxy) is 2. The Morgan fingerprint density at radius 2 is 1.14 bits per heavy atom. The molecule has 0 atom stereocenters. The van der Waals surface area contributed by atoms with Crippen LogP contribution in [-0.4, -0.2) is 31.8 Å². The highest BCUT2D eigenvalue weighted by Gasteiger charge is 2.27. The summed E-state index contributed by atoms with van der Waals surface area (Å²) in [5.74, 6) is 0.0598. The Labute approximate surface area is 173 Å². The normalized spacial score (nSPS) is 11.4. The zero-order valence-corrected chi connectivity index (χ0v) is 17.9. The van der Waals surface area contributed by atoms with Crippen LogP contribution in [0, 0.1) is 0 Å². The molecule has 2 rings (SSSR count). The van der Waals surface area contributed by atoms with Crippen LogP contribution in [0.1, 0.15) is 52.4 Å². The molecule has 0 radical (unpaired) electrons. The van der Waals surface area contributed by atoms with Gasteiger partial charge in [-0.25, -0.2) is 8.42 Å². The van der Waals surface area contributed by atoms with E-state index in [-0.39, 0.29) is 32.8 Å². The number of phenolic OH excluding ortho intramolecular Hbond substituents is 2. The van der Waals surface area contributed by atoms with Crippen molar-refractivity contribution in [3.63, 3.8) is 0 Å². The summed E-state index contributed by atoms with van der Waals surface area (Å²) >= 11 is 0. The van der Waals surface area contributed by atoms with Crippen molar-refractivity contribution in [3.05, 3.63) is 36.4 Å². The number of hydrogen-bond acceptors (Lipinski definition) is 6. The molecule has 0 aliphatic rings. The molecule has 160 valence electrons. The molecular formula is C22H30O6S. The number of aromatic hydroxyl groups is 2. The molecule has 0 fully saturated rings. The van der Waals surface area contributed by atoms with Crippen LogP contribution in [0.25, 0.3) is 0 Å². The largest absolute Gasteiger partial charge is 0.508 e. The van der Waals surface area contributed by atoms with E-state index in [1.54, 1.807) is 0 Å². The van der Waals surface area contributed by atoms with E-state index in [0.29, 0.717) is 13.2 Å². The van der Waals surface area contributed by atoms with E-state index in [4.69, 9.17) is 9.47 Å². The third-order valence-corrected chi connectivity index (χ3v) is 6.28. The highest BCUT2D eigenvalue weighted by atomic mass is 32.2. The quantitative estimate of drug-likeness (QED) is 0.464. The molecule has 2 aromatic carbocycles. The van der Waals surface area contributed by atoms with Crippen LogP contribution in [0.5, 0.6) is 23.0 Å². The molecule has 0 aliphatic carbocycles. The average molecular weight is 423 g/mol. The van der Waals surface area contributed by atoms with E-state index in [2.05, 4.69) is 13.8 Å². The van der Waals surface area contributed by atoms with E-state index in [1.807, 2.05) is 0 Å². The number of benzene rings is 2. The fraction of sp³-hybridized carbons (Fsp3) is 0.455. The van der Waals surface area contributed by atoms with Crippen LogP contribution in [0.4, 0.5) is 0 Å². The van der Waals surface area contributed by atoms with E-state index in [0.717, 1.165) is 38.5 Å². The molecule has 0 aliphatic heterocycles. The third-order valence-electron chi connectivity index (χ3n) is 4.44. The minimum absolute atomic E-state index is 0.0455. The fourth-order valence-electron chi connectivity index (χ4n) is 2.85. The maximum Gasteiger partial charge on any atom is 0.213 e. The summed E-state index contributed by atoms with van der Waals surface area (Å²) in [6, 6.07) is 7.89. The standard InChI is InChI=1S/C22H30O6S/c1-3-5-7-13-27-19-15-17(23)9-11-21(19)29(25,26)22-12-10-18(24)16-20(22)28-14-8-6-4-2/h9-12,15-16,23-24H,3-8,13-14H2,1-2H3. The summed E-state index contributed by atoms with van der Waals surface area (Å²) in [7, 11) is -3.99. The van der Waals surface area contributed by atoms with Crippen molar-refractivity contribution in [2.75, 3.05) is 13.2 Å². The van der Waals surface area contributed by atoms with Crippen molar-refractivity contribution < 1.29 is 28.1 Å². The van der Waals surface area contributed by atoms with Crippen LogP contribution < -0.4 is 9.47 Å². The second kappa shape index (κ2) is 11.0. The zero-order chi connectivity index (χ0) is 21.3. The van der Waals surface area contributed by atoms with E-state index >= 15 is 0 Å². The summed E-state index contributed by atoms with van der Waals surface area (Å²) in [6.07, 6.45) is 5.54. The zero-order valence-electron chi connectivity index (χ0n) is 17.1. The van der Waals surface area contributed by atoms with E-state index in [1.165, 1.54) is 36.4 Å². The lowest BCUT2D eigenvalue weighted by molar-refractivity contribution is 0.294. The van der Waals surface area contributed by atoms with Crippen molar-refractivity contribution >= 4 is 9.84 Å². The number of sulfone groups is 1. The van der Waals surface area contributed by atoms with E-state index < -0.39 is 9.84 Å². The first-order chi connectivity index (χ1) is 13.9. The highest BCUT2D eigenvalue weighted by Crippen LogP contribution is 2.37. The number of rotatable bonds is 12. The van der Waals surface area contributed by atoms with Crippen LogP contribution in [0.2, 0.25) is 0 Å². The van der Waals surface area contributed by atoms with Gasteiger partial charge in [-0.2, -0.15) is 0 Å². The van der Waals surface area contributed by atoms with Gasteiger partial charge >= 0.3 is 0 Å². The van der Waals surface area contributed by atoms with Gasteiger partial charge in [0.05, 0.1) is 13.2 Å². The van der Waals surface area contributed by atoms with Gasteiger partial charge in [0.1, 0.15) is 32.8 Å². The van der Waals surface area contributed by atoms with Crippen LogP contribution in [0.15, 0.2) is 46.2 Å². The molecule has 0 spiro atoms. The lowest BCUT2D eigenvalue weighted by atomic mass is 10.2. The SMILES string of the molecule is CCCCCOc1cc(O)ccc1S(=O)(=O)c1ccc(O)cc1OCCCCC. The molecule has 0 aromatic heterocycles. The fourth-order valence-corrected chi connectivity index (χ4v) is 4.35. The summed E-state index contributed by atoms with van der Waals surface area (Å²) in [5, 5.41) is 19.6. The van der Waals surface area contributed by atoms with E-state index in [9.17, 15) is 18.6 Å². The van der Waals surface area contributed by atoms with Gasteiger partial charge in [0.15, 0.2) is 0 Å². The van der Waals surface area contributed by atoms with Crippen LogP contribution in [-0.2, 0) is 9.84 Å². The van der Waals surface area contributed by atoms with Crippen molar-refractivity contribution in [1.82, 2.24) is 0 Å². The first-order valence-corrected chi connectivity index (χ1v) is 11.5. The molecule has 0 amide bonds. The lowest BCUT2D eigenvalue weighted by Crippen LogP contribution is -2.09. The predicted octanol–water partition coefficient (Wildman–Crippen LogP) is 5.07. The van der Waals surface area contributed by atoms with Gasteiger partial charge in [-0.15, -0.1) is 0 Å². The Kier molecular flexibility index (Phi) is 8.64. The van der Waals surface area contributed by atoms with Crippen molar-refractivity contribution in [1.29, 1.82) is 0 Å². The Bertz CT molecular complexity index is 825. The number of phenols is 2. The molecule has 0 bridgehead atoms. The third kappa shape index (κ3) is 6.29. The molecule has 2 aromatic rings. The predicted molar refractivity (Wildman–Crippen MR) is 112 cm³/mol. The minimum atomic E-state index is -3.99. The number of unbranched alkanes of at least 4 members (excludes halogenated alkanes) is 4. The van der Waals surface area contributed by atoms with Gasteiger partial charge in [0, 0.05) is 12.1 Å².